The van der Waals surface area contributed by atoms with Crippen molar-refractivity contribution in [2.75, 3.05) is 0 Å². The molecule has 0 fully saturated rings. The number of hydrogen-bond donors (Lipinski definition) is 1. The molecule has 24 heavy (non-hydrogen) atoms. The Hall–Kier alpha value is -3.20. The van der Waals surface area contributed by atoms with Gasteiger partial charge in [-0.3, -0.25) is 9.59 Å². The van der Waals surface area contributed by atoms with Crippen molar-refractivity contribution in [2.24, 2.45) is 0 Å². The topological polar surface area (TPSA) is 54.4 Å². The van der Waals surface area contributed by atoms with E-state index in [4.69, 9.17) is 0 Å². The van der Waals surface area contributed by atoms with Crippen LogP contribution in [0.15, 0.2) is 72.8 Å². The Labute approximate surface area is 140 Å². The van der Waals surface area contributed by atoms with Crippen LogP contribution in [-0.4, -0.2) is 16.7 Å². The van der Waals surface area contributed by atoms with E-state index in [0.29, 0.717) is 22.3 Å². The number of phenolic OH excluding ortho intramolecular Hbond substituents is 1. The number of rotatable bonds is 4. The van der Waals surface area contributed by atoms with Crippen LogP contribution in [0.1, 0.15) is 37.4 Å². The van der Waals surface area contributed by atoms with Crippen molar-refractivity contribution < 1.29 is 14.7 Å². The van der Waals surface area contributed by atoms with Crippen LogP contribution < -0.4 is 0 Å². The zero-order valence-corrected chi connectivity index (χ0v) is 13.2. The van der Waals surface area contributed by atoms with Gasteiger partial charge in [0.25, 0.3) is 0 Å². The summed E-state index contributed by atoms with van der Waals surface area (Å²) in [7, 11) is 0. The molecule has 0 aromatic heterocycles. The van der Waals surface area contributed by atoms with Gasteiger partial charge in [-0.2, -0.15) is 0 Å². The molecule has 0 aliphatic carbocycles. The molecule has 0 heterocycles. The molecule has 0 atom stereocenters. The van der Waals surface area contributed by atoms with E-state index in [9.17, 15) is 14.7 Å². The van der Waals surface area contributed by atoms with Crippen LogP contribution in [0.4, 0.5) is 0 Å². The molecule has 0 amide bonds. The summed E-state index contributed by atoms with van der Waals surface area (Å²) in [5.74, 6) is -0.196. The van der Waals surface area contributed by atoms with Crippen LogP contribution >= 0.6 is 0 Å². The average Bonchev–Trinajstić information content (AvgIpc) is 2.62. The van der Waals surface area contributed by atoms with Gasteiger partial charge < -0.3 is 5.11 Å². The van der Waals surface area contributed by atoms with Crippen molar-refractivity contribution >= 4 is 11.6 Å². The highest BCUT2D eigenvalue weighted by Gasteiger charge is 2.13. The van der Waals surface area contributed by atoms with Gasteiger partial charge in [0, 0.05) is 22.3 Å². The molecule has 118 valence electrons. The van der Waals surface area contributed by atoms with Crippen molar-refractivity contribution in [1.29, 1.82) is 0 Å². The molecule has 3 aromatic carbocycles. The molecule has 1 N–H and O–H groups in total. The Balaban J connectivity index is 1.91. The molecule has 0 saturated heterocycles. The highest BCUT2D eigenvalue weighted by Crippen LogP contribution is 2.17. The molecular weight excluding hydrogens is 300 g/mol. The molecule has 0 aliphatic rings. The Morgan fingerprint density at radius 2 is 1.12 bits per heavy atom. The Kier molecular flexibility index (Phi) is 4.25. The highest BCUT2D eigenvalue weighted by molar-refractivity contribution is 6.13. The minimum absolute atomic E-state index is 0.106. The lowest BCUT2D eigenvalue weighted by molar-refractivity contribution is 0.103. The molecule has 0 bridgehead atoms. The summed E-state index contributed by atoms with van der Waals surface area (Å²) in [5.41, 5.74) is 3.06. The van der Waals surface area contributed by atoms with Crippen LogP contribution in [0.25, 0.3) is 0 Å². The van der Waals surface area contributed by atoms with E-state index in [1.165, 1.54) is 12.1 Å². The predicted molar refractivity (Wildman–Crippen MR) is 92.6 cm³/mol. The van der Waals surface area contributed by atoms with Crippen LogP contribution in [0.2, 0.25) is 0 Å². The first-order valence-corrected chi connectivity index (χ1v) is 7.60. The third kappa shape index (κ3) is 3.25. The maximum atomic E-state index is 12.6. The molecule has 3 rings (SSSR count). The van der Waals surface area contributed by atoms with Gasteiger partial charge in [-0.15, -0.1) is 0 Å². The van der Waals surface area contributed by atoms with Gasteiger partial charge in [-0.1, -0.05) is 48.0 Å². The fraction of sp³-hybridized carbons (Fsp3) is 0.0476. The molecule has 3 aromatic rings. The molecule has 0 unspecified atom stereocenters. The van der Waals surface area contributed by atoms with E-state index in [0.717, 1.165) is 5.56 Å². The first-order valence-electron chi connectivity index (χ1n) is 7.60. The lowest BCUT2D eigenvalue weighted by Gasteiger charge is -2.05. The van der Waals surface area contributed by atoms with Crippen LogP contribution in [0.3, 0.4) is 0 Å². The normalized spacial score (nSPS) is 10.4. The summed E-state index contributed by atoms with van der Waals surface area (Å²) in [4.78, 5) is 25.1. The van der Waals surface area contributed by atoms with Gasteiger partial charge in [0.1, 0.15) is 5.75 Å². The number of phenols is 1. The second-order valence-electron chi connectivity index (χ2n) is 5.65. The van der Waals surface area contributed by atoms with E-state index >= 15 is 0 Å². The number of aromatic hydroxyl groups is 1. The van der Waals surface area contributed by atoms with E-state index in [-0.39, 0.29) is 17.3 Å². The van der Waals surface area contributed by atoms with Crippen LogP contribution in [0.5, 0.6) is 5.75 Å². The van der Waals surface area contributed by atoms with Crippen molar-refractivity contribution in [3.05, 3.63) is 101 Å². The first-order chi connectivity index (χ1) is 11.5. The lowest BCUT2D eigenvalue weighted by Crippen LogP contribution is -2.05. The number of benzene rings is 3. The second-order valence-corrected chi connectivity index (χ2v) is 5.65. The Morgan fingerprint density at radius 1 is 0.667 bits per heavy atom. The fourth-order valence-corrected chi connectivity index (χ4v) is 2.45. The Bertz CT molecular complexity index is 818. The van der Waals surface area contributed by atoms with Gasteiger partial charge in [-0.25, -0.2) is 0 Å². The third-order valence-corrected chi connectivity index (χ3v) is 3.83. The minimum Gasteiger partial charge on any atom is -0.508 e. The quantitative estimate of drug-likeness (QED) is 0.735. The van der Waals surface area contributed by atoms with Gasteiger partial charge in [-0.05, 0) is 37.3 Å². The number of carbonyl (C=O) groups is 2. The minimum atomic E-state index is -0.187. The fourth-order valence-electron chi connectivity index (χ4n) is 2.45. The summed E-state index contributed by atoms with van der Waals surface area (Å²) in [6.07, 6.45) is 0. The molecule has 3 nitrogen and oxygen atoms in total. The van der Waals surface area contributed by atoms with Gasteiger partial charge in [0.05, 0.1) is 0 Å². The Morgan fingerprint density at radius 3 is 1.62 bits per heavy atom. The van der Waals surface area contributed by atoms with Crippen molar-refractivity contribution in [1.82, 2.24) is 0 Å². The van der Waals surface area contributed by atoms with E-state index in [2.05, 4.69) is 0 Å². The molecular formula is C21H16O3. The van der Waals surface area contributed by atoms with E-state index in [1.54, 1.807) is 48.5 Å². The van der Waals surface area contributed by atoms with Crippen molar-refractivity contribution in [3.8, 4) is 5.75 Å². The molecule has 0 aliphatic heterocycles. The van der Waals surface area contributed by atoms with Crippen LogP contribution in [0, 0.1) is 6.92 Å². The lowest BCUT2D eigenvalue weighted by atomic mass is 9.97. The highest BCUT2D eigenvalue weighted by atomic mass is 16.3. The number of carbonyl (C=O) groups excluding carboxylic acids is 2. The third-order valence-electron chi connectivity index (χ3n) is 3.83. The van der Waals surface area contributed by atoms with Crippen molar-refractivity contribution in [3.63, 3.8) is 0 Å². The summed E-state index contributed by atoms with van der Waals surface area (Å²) < 4.78 is 0. The summed E-state index contributed by atoms with van der Waals surface area (Å²) >= 11 is 0. The zero-order valence-electron chi connectivity index (χ0n) is 13.2. The number of hydrogen-bond acceptors (Lipinski definition) is 3. The van der Waals surface area contributed by atoms with Gasteiger partial charge in [0.2, 0.25) is 0 Å². The maximum Gasteiger partial charge on any atom is 0.193 e. The molecule has 3 heteroatoms. The second kappa shape index (κ2) is 6.50. The number of ketones is 2. The van der Waals surface area contributed by atoms with Crippen molar-refractivity contribution in [2.45, 2.75) is 6.92 Å². The smallest absolute Gasteiger partial charge is 0.193 e. The monoisotopic (exact) mass is 316 g/mol. The predicted octanol–water partition coefficient (Wildman–Crippen LogP) is 4.16. The summed E-state index contributed by atoms with van der Waals surface area (Å²) in [6.45, 7) is 1.96. The molecule has 0 saturated carbocycles. The first kappa shape index (κ1) is 15.7. The molecule has 0 radical (unpaired) electrons. The van der Waals surface area contributed by atoms with Gasteiger partial charge >= 0.3 is 0 Å². The van der Waals surface area contributed by atoms with E-state index < -0.39 is 0 Å². The molecule has 0 spiro atoms. The number of aryl methyl sites for hydroxylation is 1. The summed E-state index contributed by atoms with van der Waals surface area (Å²) in [5, 5.41) is 9.32. The largest absolute Gasteiger partial charge is 0.508 e. The van der Waals surface area contributed by atoms with Gasteiger partial charge in [0.15, 0.2) is 11.6 Å². The van der Waals surface area contributed by atoms with E-state index in [1.807, 2.05) is 19.1 Å². The van der Waals surface area contributed by atoms with Crippen LogP contribution in [-0.2, 0) is 0 Å². The zero-order chi connectivity index (χ0) is 17.1. The average molecular weight is 316 g/mol. The summed E-state index contributed by atoms with van der Waals surface area (Å²) in [6, 6.07) is 20.1. The standard InChI is InChI=1S/C21H16O3/c1-14-5-7-15(8-6-14)20(23)17-3-2-4-18(13-17)21(24)16-9-11-19(22)12-10-16/h2-13,22H,1H3. The SMILES string of the molecule is Cc1ccc(C(=O)c2cccc(C(=O)c3ccc(O)cc3)c2)cc1. The maximum absolute atomic E-state index is 12.6.